The second-order valence-electron chi connectivity index (χ2n) is 10.2. The van der Waals surface area contributed by atoms with Crippen molar-refractivity contribution >= 4 is 40.9 Å². The molecular weight excluding hydrogens is 441 g/mol. The topological polar surface area (TPSA) is 41.5 Å². The standard InChI is InChI=1S/C29H22NO3P/c1-15-12-13-20-26-24(15)32-21-10-7-11-22-27(21)34(26)28-23-18(14-16(2)25(28)33-22)29(3,4)17-8-5-6-9-19(17)30(20,23)31/h5-14H,1-4H3. The molecule has 5 heteroatoms. The Labute approximate surface area is 199 Å². The van der Waals surface area contributed by atoms with Gasteiger partial charge in [0.1, 0.15) is 28.7 Å². The van der Waals surface area contributed by atoms with Gasteiger partial charge in [0.2, 0.25) is 0 Å². The second kappa shape index (κ2) is 5.72. The first kappa shape index (κ1) is 19.2. The van der Waals surface area contributed by atoms with E-state index < -0.39 is 12.6 Å². The van der Waals surface area contributed by atoms with Crippen LogP contribution in [0.4, 0.5) is 17.1 Å². The molecule has 8 rings (SSSR count). The Morgan fingerprint density at radius 1 is 0.735 bits per heavy atom. The van der Waals surface area contributed by atoms with Crippen LogP contribution in [0.15, 0.2) is 60.7 Å². The first-order valence-corrected chi connectivity index (χ1v) is 13.0. The van der Waals surface area contributed by atoms with Crippen LogP contribution in [0.2, 0.25) is 0 Å². The van der Waals surface area contributed by atoms with Crippen molar-refractivity contribution in [1.29, 1.82) is 0 Å². The van der Waals surface area contributed by atoms with Crippen LogP contribution in [0.25, 0.3) is 0 Å². The number of hydrogen-bond acceptors (Lipinski definition) is 3. The van der Waals surface area contributed by atoms with Gasteiger partial charge in [0, 0.05) is 36.6 Å². The van der Waals surface area contributed by atoms with E-state index in [2.05, 4.69) is 39.8 Å². The van der Waals surface area contributed by atoms with Crippen molar-refractivity contribution in [3.05, 3.63) is 88.1 Å². The fraction of sp³-hybridized carbons (Fsp3) is 0.172. The minimum absolute atomic E-state index is 0.301. The van der Waals surface area contributed by atoms with Crippen molar-refractivity contribution in [3.8, 4) is 23.0 Å². The number of para-hydroxylation sites is 1. The van der Waals surface area contributed by atoms with Gasteiger partial charge in [-0.2, -0.15) is 0 Å². The maximum absolute atomic E-state index is 15.5. The molecule has 4 heterocycles. The molecule has 4 aromatic carbocycles. The summed E-state index contributed by atoms with van der Waals surface area (Å²) >= 11 is 0. The third-order valence-electron chi connectivity index (χ3n) is 8.02. The Morgan fingerprint density at radius 2 is 1.44 bits per heavy atom. The molecule has 2 unspecified atom stereocenters. The van der Waals surface area contributed by atoms with Gasteiger partial charge in [-0.15, -0.1) is 0 Å². The quantitative estimate of drug-likeness (QED) is 0.143. The lowest BCUT2D eigenvalue weighted by molar-refractivity contribution is 0.458. The summed E-state index contributed by atoms with van der Waals surface area (Å²) in [5.74, 6) is 3.38. The SMILES string of the molecule is Cc1ccc2c3c1Oc1cccc4c1P3c1c(c(C)cc3c1[N+]2([O-])c1ccccc1C3(C)C)O4. The summed E-state index contributed by atoms with van der Waals surface area (Å²) in [5.41, 5.74) is 6.42. The highest BCUT2D eigenvalue weighted by atomic mass is 31.1. The van der Waals surface area contributed by atoms with Crippen LogP contribution in [0.1, 0.15) is 36.1 Å². The van der Waals surface area contributed by atoms with E-state index in [1.807, 2.05) is 48.5 Å². The van der Waals surface area contributed by atoms with E-state index in [4.69, 9.17) is 9.47 Å². The fourth-order valence-corrected chi connectivity index (χ4v) is 9.52. The van der Waals surface area contributed by atoms with Crippen LogP contribution in [0.5, 0.6) is 23.0 Å². The summed E-state index contributed by atoms with van der Waals surface area (Å²) in [7, 11) is -0.979. The number of benzene rings is 4. The average molecular weight is 463 g/mol. The zero-order valence-corrected chi connectivity index (χ0v) is 20.3. The Balaban J connectivity index is 1.64. The Morgan fingerprint density at radius 3 is 2.21 bits per heavy atom. The lowest BCUT2D eigenvalue weighted by atomic mass is 9.72. The highest BCUT2D eigenvalue weighted by molar-refractivity contribution is 7.81. The van der Waals surface area contributed by atoms with Gasteiger partial charge < -0.3 is 14.7 Å². The fourth-order valence-electron chi connectivity index (χ4n) is 6.40. The van der Waals surface area contributed by atoms with Gasteiger partial charge in [-0.25, -0.2) is 0 Å². The van der Waals surface area contributed by atoms with E-state index >= 15 is 5.21 Å². The van der Waals surface area contributed by atoms with Gasteiger partial charge in [0.15, 0.2) is 11.4 Å². The minimum Gasteiger partial charge on any atom is -0.616 e. The van der Waals surface area contributed by atoms with Crippen molar-refractivity contribution in [1.82, 2.24) is 4.65 Å². The Bertz CT molecular complexity index is 1630. The van der Waals surface area contributed by atoms with Crippen molar-refractivity contribution in [2.75, 3.05) is 0 Å². The minimum atomic E-state index is -0.979. The molecule has 0 bridgehead atoms. The third kappa shape index (κ3) is 1.89. The molecule has 2 atom stereocenters. The number of hydrogen-bond donors (Lipinski definition) is 0. The molecule has 0 spiro atoms. The summed E-state index contributed by atoms with van der Waals surface area (Å²) < 4.78 is 12.5. The molecule has 0 aliphatic carbocycles. The van der Waals surface area contributed by atoms with E-state index in [1.165, 1.54) is 0 Å². The monoisotopic (exact) mass is 463 g/mol. The number of rotatable bonds is 0. The first-order chi connectivity index (χ1) is 16.3. The third-order valence-corrected chi connectivity index (χ3v) is 10.7. The van der Waals surface area contributed by atoms with E-state index in [9.17, 15) is 0 Å². The zero-order chi connectivity index (χ0) is 23.1. The van der Waals surface area contributed by atoms with Gasteiger partial charge >= 0.3 is 0 Å². The lowest BCUT2D eigenvalue weighted by Crippen LogP contribution is -2.52. The largest absolute Gasteiger partial charge is 0.616 e. The summed E-state index contributed by atoms with van der Waals surface area (Å²) in [5, 5.41) is 18.7. The highest BCUT2D eigenvalue weighted by Crippen LogP contribution is 2.67. The second-order valence-corrected chi connectivity index (χ2v) is 12.3. The Kier molecular flexibility index (Phi) is 3.23. The van der Waals surface area contributed by atoms with E-state index in [0.29, 0.717) is 0 Å². The smallest absolute Gasteiger partial charge is 0.159 e. The molecule has 4 nitrogen and oxygen atoms in total. The maximum atomic E-state index is 15.5. The van der Waals surface area contributed by atoms with Crippen LogP contribution >= 0.6 is 7.92 Å². The van der Waals surface area contributed by atoms with Gasteiger partial charge in [-0.1, -0.05) is 38.1 Å². The number of quaternary nitrogens is 1. The van der Waals surface area contributed by atoms with Crippen molar-refractivity contribution in [2.45, 2.75) is 33.1 Å². The molecule has 0 radical (unpaired) electrons. The number of ether oxygens (including phenoxy) is 2. The molecule has 34 heavy (non-hydrogen) atoms. The molecule has 0 saturated carbocycles. The molecule has 0 aromatic heterocycles. The van der Waals surface area contributed by atoms with Crippen LogP contribution < -0.4 is 30.0 Å². The number of nitrogens with zero attached hydrogens (tertiary/aromatic N) is 1. The van der Waals surface area contributed by atoms with Gasteiger partial charge in [-0.3, -0.25) is 4.65 Å². The molecule has 0 N–H and O–H groups in total. The summed E-state index contributed by atoms with van der Waals surface area (Å²) in [6.07, 6.45) is 0. The predicted octanol–water partition coefficient (Wildman–Crippen LogP) is 6.69. The van der Waals surface area contributed by atoms with Crippen molar-refractivity contribution < 1.29 is 9.47 Å². The van der Waals surface area contributed by atoms with E-state index in [1.54, 1.807) is 0 Å². The lowest BCUT2D eigenvalue weighted by Gasteiger charge is -2.55. The molecule has 0 amide bonds. The normalized spacial score (nSPS) is 22.8. The predicted molar refractivity (Wildman–Crippen MR) is 138 cm³/mol. The molecule has 166 valence electrons. The maximum Gasteiger partial charge on any atom is 0.159 e. The van der Waals surface area contributed by atoms with Gasteiger partial charge in [-0.05, 0) is 49.2 Å². The average Bonchev–Trinajstić information content (AvgIpc) is 2.83. The van der Waals surface area contributed by atoms with Crippen molar-refractivity contribution in [3.63, 3.8) is 0 Å². The van der Waals surface area contributed by atoms with Crippen LogP contribution in [-0.4, -0.2) is 0 Å². The van der Waals surface area contributed by atoms with Crippen LogP contribution in [-0.2, 0) is 5.41 Å². The zero-order valence-electron chi connectivity index (χ0n) is 19.4. The summed E-state index contributed by atoms with van der Waals surface area (Å²) in [6, 6.07) is 20.5. The molecule has 4 aromatic rings. The Hall–Kier alpha value is -3.17. The highest BCUT2D eigenvalue weighted by Gasteiger charge is 2.56. The van der Waals surface area contributed by atoms with Crippen LogP contribution in [0.3, 0.4) is 0 Å². The van der Waals surface area contributed by atoms with Gasteiger partial charge in [0.05, 0.1) is 15.9 Å². The summed E-state index contributed by atoms with van der Waals surface area (Å²) in [6.45, 7) is 8.66. The molecule has 4 aliphatic heterocycles. The van der Waals surface area contributed by atoms with E-state index in [0.717, 1.165) is 78.2 Å². The molecule has 4 aliphatic rings. The molecule has 0 fully saturated rings. The van der Waals surface area contributed by atoms with Crippen LogP contribution in [0, 0.1) is 19.1 Å². The number of fused-ring (bicyclic) bond motifs is 3. The molecular formula is C29H22NO3P. The van der Waals surface area contributed by atoms with Gasteiger partial charge in [0.25, 0.3) is 0 Å². The van der Waals surface area contributed by atoms with Crippen molar-refractivity contribution in [2.24, 2.45) is 0 Å². The van der Waals surface area contributed by atoms with E-state index in [-0.39, 0.29) is 5.41 Å². The molecule has 0 saturated heterocycles. The first-order valence-electron chi connectivity index (χ1n) is 11.7. The number of aryl methyl sites for hydroxylation is 2. The summed E-state index contributed by atoms with van der Waals surface area (Å²) in [4.78, 5) is 0.